The Balaban J connectivity index is 1.62. The van der Waals surface area contributed by atoms with E-state index in [2.05, 4.69) is 87.8 Å². The van der Waals surface area contributed by atoms with Crippen molar-refractivity contribution in [3.8, 4) is 0 Å². The molecule has 0 fully saturated rings. The Morgan fingerprint density at radius 1 is 1.09 bits per heavy atom. The van der Waals surface area contributed by atoms with Crippen molar-refractivity contribution < 1.29 is 0 Å². The number of halogens is 1. The molecule has 1 N–H and O–H groups in total. The Bertz CT molecular complexity index is 800. The number of aromatic nitrogens is 2. The zero-order valence-corrected chi connectivity index (χ0v) is 16.1. The van der Waals surface area contributed by atoms with Crippen LogP contribution in [0.4, 0.5) is 10.8 Å². The average Bonchev–Trinajstić information content (AvgIpc) is 2.97. The summed E-state index contributed by atoms with van der Waals surface area (Å²) in [5.41, 5.74) is 4.83. The number of rotatable bonds is 5. The molecule has 118 valence electrons. The van der Waals surface area contributed by atoms with Crippen molar-refractivity contribution in [1.82, 2.24) is 10.2 Å². The molecule has 2 aromatic carbocycles. The molecule has 0 aliphatic rings. The minimum atomic E-state index is 0.829. The van der Waals surface area contributed by atoms with E-state index in [9.17, 15) is 0 Å². The summed E-state index contributed by atoms with van der Waals surface area (Å²) in [6.45, 7) is 4.19. The van der Waals surface area contributed by atoms with E-state index in [1.165, 1.54) is 16.7 Å². The molecule has 0 saturated heterocycles. The second kappa shape index (κ2) is 7.47. The van der Waals surface area contributed by atoms with E-state index in [-0.39, 0.29) is 0 Å². The van der Waals surface area contributed by atoms with Crippen molar-refractivity contribution in [2.24, 2.45) is 0 Å². The highest BCUT2D eigenvalue weighted by atomic mass is 79.9. The van der Waals surface area contributed by atoms with Gasteiger partial charge in [-0.2, -0.15) is 0 Å². The summed E-state index contributed by atoms with van der Waals surface area (Å²) in [6.07, 6.45) is 0. The third-order valence-corrected chi connectivity index (χ3v) is 5.88. The van der Waals surface area contributed by atoms with Gasteiger partial charge in [0.2, 0.25) is 5.13 Å². The number of thioether (sulfide) groups is 1. The number of aryl methyl sites for hydroxylation is 2. The number of nitrogens with zero attached hydrogens (tertiary/aromatic N) is 2. The maximum atomic E-state index is 4.25. The normalized spacial score (nSPS) is 10.7. The van der Waals surface area contributed by atoms with Gasteiger partial charge in [-0.15, -0.1) is 10.2 Å². The smallest absolute Gasteiger partial charge is 0.210 e. The fourth-order valence-corrected chi connectivity index (χ4v) is 4.10. The fourth-order valence-electron chi connectivity index (χ4n) is 2.11. The Morgan fingerprint density at radius 2 is 1.87 bits per heavy atom. The highest BCUT2D eigenvalue weighted by Gasteiger charge is 2.07. The summed E-state index contributed by atoms with van der Waals surface area (Å²) >= 11 is 6.74. The molecule has 1 heterocycles. The van der Waals surface area contributed by atoms with Gasteiger partial charge in [0.1, 0.15) is 0 Å². The van der Waals surface area contributed by atoms with E-state index in [4.69, 9.17) is 0 Å². The van der Waals surface area contributed by atoms with Crippen LogP contribution in [0.1, 0.15) is 16.7 Å². The molecule has 3 aromatic rings. The lowest BCUT2D eigenvalue weighted by atomic mass is 10.1. The molecule has 0 aliphatic heterocycles. The van der Waals surface area contributed by atoms with Crippen LogP contribution in [0.5, 0.6) is 0 Å². The minimum Gasteiger partial charge on any atom is -0.330 e. The minimum absolute atomic E-state index is 0.829. The van der Waals surface area contributed by atoms with Crippen LogP contribution in [0.15, 0.2) is 51.3 Å². The largest absolute Gasteiger partial charge is 0.330 e. The molecule has 3 nitrogen and oxygen atoms in total. The molecule has 0 spiro atoms. The van der Waals surface area contributed by atoms with Gasteiger partial charge in [0.25, 0.3) is 0 Å². The molecule has 0 saturated carbocycles. The lowest BCUT2D eigenvalue weighted by Gasteiger charge is -2.06. The monoisotopic (exact) mass is 405 g/mol. The van der Waals surface area contributed by atoms with E-state index < -0.39 is 0 Å². The number of benzene rings is 2. The molecule has 0 atom stereocenters. The van der Waals surface area contributed by atoms with Crippen molar-refractivity contribution in [2.45, 2.75) is 23.9 Å². The molecule has 0 amide bonds. The fraction of sp³-hybridized carbons (Fsp3) is 0.176. The van der Waals surface area contributed by atoms with Gasteiger partial charge < -0.3 is 5.32 Å². The quantitative estimate of drug-likeness (QED) is 0.531. The van der Waals surface area contributed by atoms with Gasteiger partial charge in [0.15, 0.2) is 4.34 Å². The van der Waals surface area contributed by atoms with Crippen LogP contribution in [0.2, 0.25) is 0 Å². The summed E-state index contributed by atoms with van der Waals surface area (Å²) in [4.78, 5) is 0. The summed E-state index contributed by atoms with van der Waals surface area (Å²) in [5, 5.41) is 12.7. The van der Waals surface area contributed by atoms with Crippen LogP contribution in [0.25, 0.3) is 0 Å². The number of anilines is 2. The Kier molecular flexibility index (Phi) is 5.35. The summed E-state index contributed by atoms with van der Waals surface area (Å²) in [6, 6.07) is 14.7. The summed E-state index contributed by atoms with van der Waals surface area (Å²) in [5.74, 6) is 0.894. The van der Waals surface area contributed by atoms with E-state index in [0.717, 1.165) is 25.4 Å². The average molecular weight is 406 g/mol. The topological polar surface area (TPSA) is 37.8 Å². The Labute approximate surface area is 152 Å². The van der Waals surface area contributed by atoms with Gasteiger partial charge >= 0.3 is 0 Å². The van der Waals surface area contributed by atoms with Crippen LogP contribution in [0.3, 0.4) is 0 Å². The van der Waals surface area contributed by atoms with Gasteiger partial charge in [-0.1, -0.05) is 68.9 Å². The van der Waals surface area contributed by atoms with Gasteiger partial charge in [-0.25, -0.2) is 0 Å². The summed E-state index contributed by atoms with van der Waals surface area (Å²) in [7, 11) is 0. The van der Waals surface area contributed by atoms with Gasteiger partial charge in [0.05, 0.1) is 0 Å². The van der Waals surface area contributed by atoms with Crippen molar-refractivity contribution in [3.63, 3.8) is 0 Å². The molecule has 0 bridgehead atoms. The van der Waals surface area contributed by atoms with E-state index in [0.29, 0.717) is 0 Å². The standard InChI is InChI=1S/C17H16BrN3S2/c1-11-3-8-15(12(2)9-11)19-16-20-21-17(23-16)22-10-13-4-6-14(18)7-5-13/h3-9H,10H2,1-2H3,(H,19,20). The zero-order valence-electron chi connectivity index (χ0n) is 12.8. The highest BCUT2D eigenvalue weighted by molar-refractivity contribution is 9.10. The van der Waals surface area contributed by atoms with Crippen LogP contribution in [0, 0.1) is 13.8 Å². The van der Waals surface area contributed by atoms with E-state index in [1.54, 1.807) is 23.1 Å². The predicted molar refractivity (Wildman–Crippen MR) is 103 cm³/mol. The third kappa shape index (κ3) is 4.56. The first-order valence-corrected chi connectivity index (χ1v) is 9.75. The van der Waals surface area contributed by atoms with Crippen LogP contribution in [-0.2, 0) is 5.75 Å². The van der Waals surface area contributed by atoms with Gasteiger partial charge in [0, 0.05) is 15.9 Å². The maximum absolute atomic E-state index is 4.25. The van der Waals surface area contributed by atoms with Crippen LogP contribution < -0.4 is 5.32 Å². The molecule has 23 heavy (non-hydrogen) atoms. The van der Waals surface area contributed by atoms with E-state index >= 15 is 0 Å². The lowest BCUT2D eigenvalue weighted by Crippen LogP contribution is -1.92. The first kappa shape index (κ1) is 16.5. The molecular formula is C17H16BrN3S2. The molecule has 0 aliphatic carbocycles. The van der Waals surface area contributed by atoms with Gasteiger partial charge in [-0.05, 0) is 43.2 Å². The number of nitrogens with one attached hydrogen (secondary N) is 1. The van der Waals surface area contributed by atoms with Crippen molar-refractivity contribution in [3.05, 3.63) is 63.6 Å². The van der Waals surface area contributed by atoms with E-state index in [1.807, 2.05) is 0 Å². The molecule has 0 radical (unpaired) electrons. The molecule has 0 unspecified atom stereocenters. The van der Waals surface area contributed by atoms with Crippen molar-refractivity contribution in [1.29, 1.82) is 0 Å². The molecule has 3 rings (SSSR count). The first-order chi connectivity index (χ1) is 11.1. The third-order valence-electron chi connectivity index (χ3n) is 3.31. The van der Waals surface area contributed by atoms with Crippen molar-refractivity contribution >= 4 is 49.8 Å². The molecular weight excluding hydrogens is 390 g/mol. The number of hydrogen-bond acceptors (Lipinski definition) is 5. The highest BCUT2D eigenvalue weighted by Crippen LogP contribution is 2.31. The van der Waals surface area contributed by atoms with Crippen LogP contribution >= 0.6 is 39.0 Å². The maximum Gasteiger partial charge on any atom is 0.210 e. The SMILES string of the molecule is Cc1ccc(Nc2nnc(SCc3ccc(Br)cc3)s2)c(C)c1. The second-order valence-electron chi connectivity index (χ2n) is 5.23. The Morgan fingerprint density at radius 3 is 2.61 bits per heavy atom. The molecule has 6 heteroatoms. The first-order valence-electron chi connectivity index (χ1n) is 7.15. The van der Waals surface area contributed by atoms with Gasteiger partial charge in [-0.3, -0.25) is 0 Å². The number of hydrogen-bond donors (Lipinski definition) is 1. The van der Waals surface area contributed by atoms with Crippen molar-refractivity contribution in [2.75, 3.05) is 5.32 Å². The summed E-state index contributed by atoms with van der Waals surface area (Å²) < 4.78 is 2.07. The Hall–Kier alpha value is -1.37. The van der Waals surface area contributed by atoms with Crippen LogP contribution in [-0.4, -0.2) is 10.2 Å². The second-order valence-corrected chi connectivity index (χ2v) is 8.35. The zero-order chi connectivity index (χ0) is 16.2. The lowest BCUT2D eigenvalue weighted by molar-refractivity contribution is 1.01. The molecule has 1 aromatic heterocycles. The predicted octanol–water partition coefficient (Wildman–Crippen LogP) is 5.95.